The van der Waals surface area contributed by atoms with E-state index in [0.717, 1.165) is 27.5 Å². The molecule has 0 unspecified atom stereocenters. The van der Waals surface area contributed by atoms with E-state index < -0.39 is 41.3 Å². The molecule has 11 heteroatoms. The third kappa shape index (κ3) is 6.19. The van der Waals surface area contributed by atoms with Gasteiger partial charge in [-0.25, -0.2) is 4.79 Å². The Morgan fingerprint density at radius 1 is 0.857 bits per heavy atom. The summed E-state index contributed by atoms with van der Waals surface area (Å²) in [6, 6.07) is 6.72. The molecule has 0 saturated carbocycles. The predicted octanol–water partition coefficient (Wildman–Crippen LogP) is 6.51. The summed E-state index contributed by atoms with van der Waals surface area (Å²) in [5, 5.41) is 0.157. The summed E-state index contributed by atoms with van der Waals surface area (Å²) in [6.45, 7) is 6.52. The highest BCUT2D eigenvalue weighted by atomic mass is 32.2. The number of halogens is 6. The number of aromatic nitrogens is 2. The molecule has 1 aromatic heterocycles. The van der Waals surface area contributed by atoms with E-state index in [1.807, 2.05) is 32.0 Å². The van der Waals surface area contributed by atoms with Crippen LogP contribution in [0.4, 0.5) is 26.3 Å². The van der Waals surface area contributed by atoms with Crippen LogP contribution in [0.2, 0.25) is 0 Å². The Morgan fingerprint density at radius 2 is 1.37 bits per heavy atom. The number of alkyl halides is 6. The number of benzene rings is 2. The molecule has 1 N–H and O–H groups in total. The number of nitrogens with zero attached hydrogens (tertiary/aromatic N) is 1. The maximum absolute atomic E-state index is 13.3. The maximum Gasteiger partial charge on any atom is 0.416 e. The molecule has 3 aromatic rings. The normalized spacial score (nSPS) is 12.4. The highest BCUT2D eigenvalue weighted by Gasteiger charge is 2.37. The van der Waals surface area contributed by atoms with Gasteiger partial charge in [-0.05, 0) is 66.8 Å². The number of aryl methyl sites for hydroxylation is 2. The van der Waals surface area contributed by atoms with E-state index in [-0.39, 0.29) is 28.1 Å². The van der Waals surface area contributed by atoms with E-state index in [2.05, 4.69) is 4.98 Å². The fraction of sp³-hybridized carbons (Fsp3) is 0.333. The largest absolute Gasteiger partial charge is 0.416 e. The molecule has 0 aliphatic heterocycles. The Morgan fingerprint density at radius 3 is 1.83 bits per heavy atom. The van der Waals surface area contributed by atoms with Gasteiger partial charge >= 0.3 is 18.0 Å². The summed E-state index contributed by atoms with van der Waals surface area (Å²) >= 11 is 1.06. The highest BCUT2D eigenvalue weighted by molar-refractivity contribution is 7.99. The second kappa shape index (κ2) is 9.60. The minimum atomic E-state index is -5.02. The van der Waals surface area contributed by atoms with Gasteiger partial charge in [0.2, 0.25) is 0 Å². The highest BCUT2D eigenvalue weighted by Crippen LogP contribution is 2.37. The molecule has 35 heavy (non-hydrogen) atoms. The third-order valence-corrected chi connectivity index (χ3v) is 6.27. The molecule has 4 nitrogen and oxygen atoms in total. The van der Waals surface area contributed by atoms with Crippen LogP contribution in [0.3, 0.4) is 0 Å². The lowest BCUT2D eigenvalue weighted by molar-refractivity contribution is -0.143. The van der Waals surface area contributed by atoms with E-state index in [1.165, 1.54) is 0 Å². The van der Waals surface area contributed by atoms with E-state index in [0.29, 0.717) is 17.0 Å². The summed E-state index contributed by atoms with van der Waals surface area (Å²) in [7, 11) is 0. The Labute approximate surface area is 201 Å². The smallest absolute Gasteiger partial charge is 0.283 e. The first-order chi connectivity index (χ1) is 16.1. The number of nitrogens with one attached hydrogen (secondary N) is 1. The van der Waals surface area contributed by atoms with Crippen molar-refractivity contribution in [2.45, 2.75) is 62.4 Å². The van der Waals surface area contributed by atoms with E-state index >= 15 is 0 Å². The average molecular weight is 517 g/mol. The minimum Gasteiger partial charge on any atom is -0.283 e. The lowest BCUT2D eigenvalue weighted by atomic mass is 10.0. The molecule has 2 aromatic carbocycles. The van der Waals surface area contributed by atoms with Gasteiger partial charge in [-0.2, -0.15) is 26.3 Å². The molecule has 3 rings (SSSR count). The first-order valence-corrected chi connectivity index (χ1v) is 11.3. The van der Waals surface area contributed by atoms with E-state index in [9.17, 15) is 35.9 Å². The molecule has 0 radical (unpaired) electrons. The van der Waals surface area contributed by atoms with Crippen molar-refractivity contribution in [3.8, 4) is 0 Å². The quantitative estimate of drug-likeness (QED) is 0.311. The molecule has 0 spiro atoms. The third-order valence-electron chi connectivity index (χ3n) is 5.16. The summed E-state index contributed by atoms with van der Waals surface area (Å²) in [5.41, 5.74) is -2.91. The Hall–Kier alpha value is -2.95. The molecule has 0 fully saturated rings. The van der Waals surface area contributed by atoms with Gasteiger partial charge in [0.15, 0.2) is 0 Å². The summed E-state index contributed by atoms with van der Waals surface area (Å²) in [5.74, 6) is -0.383. The molecular formula is C24H22F6N2O2S. The van der Waals surface area contributed by atoms with Crippen molar-refractivity contribution in [2.24, 2.45) is 0 Å². The van der Waals surface area contributed by atoms with Crippen molar-refractivity contribution in [3.05, 3.63) is 90.6 Å². The summed E-state index contributed by atoms with van der Waals surface area (Å²) in [4.78, 5) is 28.2. The topological polar surface area (TPSA) is 54.9 Å². The van der Waals surface area contributed by atoms with Gasteiger partial charge in [0.25, 0.3) is 5.56 Å². The molecule has 188 valence electrons. The fourth-order valence-corrected chi connectivity index (χ4v) is 5.14. The number of rotatable bonds is 5. The summed E-state index contributed by atoms with van der Waals surface area (Å²) in [6.07, 6.45) is -10.0. The monoisotopic (exact) mass is 516 g/mol. The van der Waals surface area contributed by atoms with Crippen LogP contribution in [-0.2, 0) is 18.9 Å². The Balaban J connectivity index is 2.25. The molecular weight excluding hydrogens is 494 g/mol. The van der Waals surface area contributed by atoms with Crippen LogP contribution in [-0.4, -0.2) is 9.55 Å². The summed E-state index contributed by atoms with van der Waals surface area (Å²) < 4.78 is 81.0. The molecule has 1 heterocycles. The van der Waals surface area contributed by atoms with Crippen molar-refractivity contribution in [1.29, 1.82) is 0 Å². The number of H-pyrrole nitrogens is 1. The number of hydrogen-bond donors (Lipinski definition) is 1. The predicted molar refractivity (Wildman–Crippen MR) is 121 cm³/mol. The van der Waals surface area contributed by atoms with E-state index in [4.69, 9.17) is 0 Å². The standard InChI is InChI=1S/C24H22F6N2O2S/c1-12(2)19-20(33)31-22(34)32(21(19)35-18-6-13(3)5-14(4)7-18)11-15-8-16(23(25,26)27)10-17(9-15)24(28,29)30/h5-10,12H,11H2,1-4H3,(H,31,33,34). The van der Waals surface area contributed by atoms with Crippen LogP contribution in [0, 0.1) is 13.8 Å². The average Bonchev–Trinajstić information content (AvgIpc) is 2.68. The van der Waals surface area contributed by atoms with Crippen molar-refractivity contribution >= 4 is 11.8 Å². The van der Waals surface area contributed by atoms with Gasteiger partial charge in [-0.3, -0.25) is 14.3 Å². The zero-order valence-electron chi connectivity index (χ0n) is 19.2. The zero-order valence-corrected chi connectivity index (χ0v) is 20.0. The molecule has 0 bridgehead atoms. The first-order valence-electron chi connectivity index (χ1n) is 10.5. The van der Waals surface area contributed by atoms with Crippen LogP contribution < -0.4 is 11.2 Å². The molecule has 0 aliphatic carbocycles. The van der Waals surface area contributed by atoms with Crippen LogP contribution in [0.1, 0.15) is 53.1 Å². The lowest BCUT2D eigenvalue weighted by Crippen LogP contribution is -2.34. The second-order valence-electron chi connectivity index (χ2n) is 8.56. The van der Waals surface area contributed by atoms with Gasteiger partial charge in [0.1, 0.15) is 0 Å². The van der Waals surface area contributed by atoms with Crippen molar-refractivity contribution in [2.75, 3.05) is 0 Å². The Kier molecular flexibility index (Phi) is 7.31. The van der Waals surface area contributed by atoms with Crippen LogP contribution in [0.25, 0.3) is 0 Å². The second-order valence-corrected chi connectivity index (χ2v) is 9.62. The molecule has 0 atom stereocenters. The first kappa shape index (κ1) is 26.7. The molecule has 0 saturated heterocycles. The molecule has 0 amide bonds. The van der Waals surface area contributed by atoms with Gasteiger partial charge in [0, 0.05) is 4.90 Å². The van der Waals surface area contributed by atoms with E-state index in [1.54, 1.807) is 13.8 Å². The molecule has 0 aliphatic rings. The van der Waals surface area contributed by atoms with Crippen molar-refractivity contribution < 1.29 is 26.3 Å². The van der Waals surface area contributed by atoms with Gasteiger partial charge in [-0.1, -0.05) is 31.7 Å². The minimum absolute atomic E-state index is 0.0316. The zero-order chi connectivity index (χ0) is 26.3. The maximum atomic E-state index is 13.3. The lowest BCUT2D eigenvalue weighted by Gasteiger charge is -2.19. The van der Waals surface area contributed by atoms with Crippen molar-refractivity contribution in [3.63, 3.8) is 0 Å². The fourth-order valence-electron chi connectivity index (χ4n) is 3.73. The van der Waals surface area contributed by atoms with Crippen LogP contribution in [0.5, 0.6) is 0 Å². The van der Waals surface area contributed by atoms with Gasteiger partial charge < -0.3 is 0 Å². The van der Waals surface area contributed by atoms with Crippen LogP contribution >= 0.6 is 11.8 Å². The number of hydrogen-bond acceptors (Lipinski definition) is 3. The van der Waals surface area contributed by atoms with Crippen molar-refractivity contribution in [1.82, 2.24) is 9.55 Å². The Bertz CT molecular complexity index is 1320. The number of aromatic amines is 1. The van der Waals surface area contributed by atoms with Gasteiger partial charge in [0.05, 0.1) is 28.3 Å². The van der Waals surface area contributed by atoms with Gasteiger partial charge in [-0.15, -0.1) is 0 Å². The SMILES string of the molecule is Cc1cc(C)cc(Sc2c(C(C)C)c(=O)[nH]c(=O)n2Cc2cc(C(F)(F)F)cc(C(F)(F)F)c2)c1. The van der Waals surface area contributed by atoms with Crippen LogP contribution in [0.15, 0.2) is 55.9 Å².